The fourth-order valence-electron chi connectivity index (χ4n) is 6.08. The molecule has 41 heavy (non-hydrogen) atoms. The minimum absolute atomic E-state index is 0.000805. The zero-order valence-corrected chi connectivity index (χ0v) is 23.5. The quantitative estimate of drug-likeness (QED) is 0.387. The lowest BCUT2D eigenvalue weighted by molar-refractivity contribution is 0.122. The summed E-state index contributed by atoms with van der Waals surface area (Å²) in [5, 5.41) is 8.84. The highest BCUT2D eigenvalue weighted by Gasteiger charge is 2.31. The van der Waals surface area contributed by atoms with Gasteiger partial charge in [0.15, 0.2) is 5.65 Å². The number of hydrogen-bond donors (Lipinski definition) is 1. The number of hydrogen-bond acceptors (Lipinski definition) is 10. The van der Waals surface area contributed by atoms with E-state index in [4.69, 9.17) is 24.5 Å². The van der Waals surface area contributed by atoms with E-state index >= 15 is 0 Å². The molecule has 3 aromatic heterocycles. The van der Waals surface area contributed by atoms with E-state index in [2.05, 4.69) is 50.1 Å². The number of morpholine rings is 1. The van der Waals surface area contributed by atoms with Crippen LogP contribution < -0.4 is 20.0 Å². The van der Waals surface area contributed by atoms with Gasteiger partial charge in [-0.2, -0.15) is 14.6 Å². The fourth-order valence-corrected chi connectivity index (χ4v) is 6.08. The molecule has 3 aliphatic rings. The monoisotopic (exact) mass is 557 g/mol. The van der Waals surface area contributed by atoms with Gasteiger partial charge in [-0.3, -0.25) is 5.32 Å². The molecule has 0 bridgehead atoms. The third kappa shape index (κ3) is 4.75. The largest absolute Gasteiger partial charge is 0.453 e. The summed E-state index contributed by atoms with van der Waals surface area (Å²) in [7, 11) is 1.33. The van der Waals surface area contributed by atoms with Crippen LogP contribution in [0.1, 0.15) is 43.0 Å². The molecule has 1 amide bonds. The predicted molar refractivity (Wildman–Crippen MR) is 157 cm³/mol. The molecule has 0 saturated carbocycles. The van der Waals surface area contributed by atoms with E-state index in [1.54, 1.807) is 0 Å². The number of rotatable bonds is 5. The smallest absolute Gasteiger partial charge is 0.413 e. The Balaban J connectivity index is 1.33. The van der Waals surface area contributed by atoms with Gasteiger partial charge in [0.2, 0.25) is 5.95 Å². The van der Waals surface area contributed by atoms with Gasteiger partial charge in [-0.05, 0) is 44.2 Å². The molecule has 12 heteroatoms. The van der Waals surface area contributed by atoms with Crippen molar-refractivity contribution >= 4 is 46.0 Å². The van der Waals surface area contributed by atoms with Crippen molar-refractivity contribution in [1.29, 1.82) is 0 Å². The number of aromatic nitrogens is 5. The van der Waals surface area contributed by atoms with E-state index in [0.29, 0.717) is 13.2 Å². The van der Waals surface area contributed by atoms with Crippen LogP contribution >= 0.6 is 0 Å². The zero-order valence-electron chi connectivity index (χ0n) is 23.5. The average Bonchev–Trinajstić information content (AvgIpc) is 3.40. The molecule has 214 valence electrons. The summed E-state index contributed by atoms with van der Waals surface area (Å²) in [4.78, 5) is 33.6. The summed E-state index contributed by atoms with van der Waals surface area (Å²) in [5.74, 6) is 3.08. The number of aryl methyl sites for hydroxylation is 1. The maximum Gasteiger partial charge on any atom is 0.413 e. The van der Waals surface area contributed by atoms with Gasteiger partial charge in [-0.25, -0.2) is 14.8 Å². The Kier molecular flexibility index (Phi) is 6.69. The van der Waals surface area contributed by atoms with Crippen LogP contribution in [0.4, 0.5) is 28.2 Å². The minimum atomic E-state index is -0.599. The standard InChI is InChI=1S/C29H35N9O3/c1-19-7-5-8-20-26(19)27(32-28(30-20)33-29(39)40-2)37-12-4-3-9-22(37)21-17-24-31-23(35-10-6-11-35)18-25(38(24)34-21)36-13-15-41-16-14-36/h5,7-8,17-18,22H,3-4,6,9-16H2,1-2H3,(H,30,32,33,39). The van der Waals surface area contributed by atoms with Crippen molar-refractivity contribution in [3.63, 3.8) is 0 Å². The first kappa shape index (κ1) is 25.8. The molecular formula is C29H35N9O3. The number of anilines is 4. The first-order valence-electron chi connectivity index (χ1n) is 14.5. The average molecular weight is 558 g/mol. The first-order chi connectivity index (χ1) is 20.1. The minimum Gasteiger partial charge on any atom is -0.453 e. The second-order valence-corrected chi connectivity index (χ2v) is 10.9. The van der Waals surface area contributed by atoms with Crippen molar-refractivity contribution in [2.45, 2.75) is 38.6 Å². The number of benzene rings is 1. The highest BCUT2D eigenvalue weighted by Crippen LogP contribution is 2.39. The molecule has 1 aromatic carbocycles. The van der Waals surface area contributed by atoms with Crippen LogP contribution in [-0.2, 0) is 9.47 Å². The Morgan fingerprint density at radius 3 is 2.63 bits per heavy atom. The van der Waals surface area contributed by atoms with Crippen molar-refractivity contribution in [3.8, 4) is 0 Å². The third-order valence-corrected chi connectivity index (χ3v) is 8.36. The molecule has 0 radical (unpaired) electrons. The van der Waals surface area contributed by atoms with Gasteiger partial charge in [-0.15, -0.1) is 0 Å². The van der Waals surface area contributed by atoms with Crippen LogP contribution in [0.2, 0.25) is 0 Å². The summed E-state index contributed by atoms with van der Waals surface area (Å²) in [6, 6.07) is 10.3. The fraction of sp³-hybridized carbons (Fsp3) is 0.483. The number of methoxy groups -OCH3 is 1. The van der Waals surface area contributed by atoms with Crippen LogP contribution in [0.25, 0.3) is 16.6 Å². The van der Waals surface area contributed by atoms with E-state index in [-0.39, 0.29) is 12.0 Å². The van der Waals surface area contributed by atoms with Gasteiger partial charge in [0.1, 0.15) is 17.5 Å². The molecule has 6 heterocycles. The van der Waals surface area contributed by atoms with E-state index in [9.17, 15) is 4.79 Å². The number of carbonyl (C=O) groups is 1. The van der Waals surface area contributed by atoms with E-state index in [0.717, 1.165) is 97.2 Å². The summed E-state index contributed by atoms with van der Waals surface area (Å²) in [6.07, 6.45) is 3.66. The van der Waals surface area contributed by atoms with E-state index in [1.165, 1.54) is 13.5 Å². The Bertz CT molecular complexity index is 1600. The van der Waals surface area contributed by atoms with Crippen LogP contribution in [0.3, 0.4) is 0 Å². The summed E-state index contributed by atoms with van der Waals surface area (Å²) in [6.45, 7) is 8.01. The van der Waals surface area contributed by atoms with Gasteiger partial charge in [0, 0.05) is 50.2 Å². The predicted octanol–water partition coefficient (Wildman–Crippen LogP) is 3.94. The summed E-state index contributed by atoms with van der Waals surface area (Å²) >= 11 is 0. The molecular weight excluding hydrogens is 522 g/mol. The second-order valence-electron chi connectivity index (χ2n) is 10.9. The first-order valence-corrected chi connectivity index (χ1v) is 14.5. The molecule has 1 atom stereocenters. The van der Waals surface area contributed by atoms with E-state index in [1.807, 2.05) is 16.6 Å². The SMILES string of the molecule is COC(=O)Nc1nc(N2CCCCC2c2cc3nc(N4CCC4)cc(N4CCOCC4)n3n2)c2c(C)cccc2n1. The van der Waals surface area contributed by atoms with Crippen molar-refractivity contribution < 1.29 is 14.3 Å². The molecule has 3 fully saturated rings. The van der Waals surface area contributed by atoms with Crippen LogP contribution in [0, 0.1) is 6.92 Å². The molecule has 0 aliphatic carbocycles. The highest BCUT2D eigenvalue weighted by molar-refractivity contribution is 5.95. The maximum absolute atomic E-state index is 12.1. The molecule has 3 aliphatic heterocycles. The number of piperidine rings is 1. The van der Waals surface area contributed by atoms with Gasteiger partial charge < -0.3 is 24.2 Å². The Labute approximate surface area is 238 Å². The van der Waals surface area contributed by atoms with Gasteiger partial charge >= 0.3 is 6.09 Å². The Hall–Kier alpha value is -4.19. The molecule has 12 nitrogen and oxygen atoms in total. The Morgan fingerprint density at radius 1 is 1.00 bits per heavy atom. The van der Waals surface area contributed by atoms with Crippen LogP contribution in [0.5, 0.6) is 0 Å². The highest BCUT2D eigenvalue weighted by atomic mass is 16.5. The van der Waals surface area contributed by atoms with Crippen molar-refractivity contribution in [2.75, 3.05) is 73.1 Å². The number of ether oxygens (including phenoxy) is 2. The molecule has 1 N–H and O–H groups in total. The lowest BCUT2D eigenvalue weighted by atomic mass is 9.98. The zero-order chi connectivity index (χ0) is 27.9. The van der Waals surface area contributed by atoms with Crippen LogP contribution in [-0.4, -0.2) is 83.7 Å². The Morgan fingerprint density at radius 2 is 1.85 bits per heavy atom. The summed E-state index contributed by atoms with van der Waals surface area (Å²) < 4.78 is 12.5. The molecule has 1 unspecified atom stereocenters. The van der Waals surface area contributed by atoms with E-state index < -0.39 is 6.09 Å². The van der Waals surface area contributed by atoms with Gasteiger partial charge in [0.25, 0.3) is 0 Å². The number of fused-ring (bicyclic) bond motifs is 2. The molecule has 3 saturated heterocycles. The van der Waals surface area contributed by atoms with Gasteiger partial charge in [-0.1, -0.05) is 12.1 Å². The van der Waals surface area contributed by atoms with Crippen molar-refractivity contribution in [3.05, 3.63) is 41.6 Å². The van der Waals surface area contributed by atoms with Crippen molar-refractivity contribution in [1.82, 2.24) is 24.6 Å². The van der Waals surface area contributed by atoms with Gasteiger partial charge in [0.05, 0.1) is 37.6 Å². The molecule has 4 aromatic rings. The number of carbonyl (C=O) groups excluding carboxylic acids is 1. The second kappa shape index (κ2) is 10.7. The normalized spacial score (nSPS) is 19.5. The maximum atomic E-state index is 12.1. The number of nitrogens with one attached hydrogen (secondary N) is 1. The number of nitrogens with zero attached hydrogens (tertiary/aromatic N) is 8. The molecule has 0 spiro atoms. The van der Waals surface area contributed by atoms with Crippen molar-refractivity contribution in [2.24, 2.45) is 0 Å². The van der Waals surface area contributed by atoms with Crippen LogP contribution in [0.15, 0.2) is 30.3 Å². The third-order valence-electron chi connectivity index (χ3n) is 8.36. The lowest BCUT2D eigenvalue weighted by Crippen LogP contribution is -2.40. The topological polar surface area (TPSA) is 113 Å². The lowest BCUT2D eigenvalue weighted by Gasteiger charge is -2.36. The molecule has 7 rings (SSSR count). The number of amides is 1. The summed E-state index contributed by atoms with van der Waals surface area (Å²) in [5.41, 5.74) is 3.68.